The van der Waals surface area contributed by atoms with E-state index in [1.807, 2.05) is 33.9 Å². The van der Waals surface area contributed by atoms with E-state index in [0.717, 1.165) is 37.3 Å². The normalized spacial score (nSPS) is 12.2. The third-order valence-corrected chi connectivity index (χ3v) is 5.00. The third-order valence-electron chi connectivity index (χ3n) is 5.00. The van der Waals surface area contributed by atoms with E-state index in [-0.39, 0.29) is 24.4 Å². The van der Waals surface area contributed by atoms with Crippen molar-refractivity contribution in [3.05, 3.63) is 23.8 Å². The molecule has 12 nitrogen and oxygen atoms in total. The highest BCUT2D eigenvalue weighted by atomic mass is 16.2. The number of amides is 3. The van der Waals surface area contributed by atoms with Gasteiger partial charge in [0, 0.05) is 58.3 Å². The van der Waals surface area contributed by atoms with E-state index in [1.54, 1.807) is 34.6 Å². The van der Waals surface area contributed by atoms with Crippen LogP contribution in [0.15, 0.2) is 12.4 Å². The Bertz CT molecular complexity index is 836. The molecule has 2 aromatic rings. The van der Waals surface area contributed by atoms with Crippen molar-refractivity contribution < 1.29 is 14.4 Å². The first-order valence-corrected chi connectivity index (χ1v) is 10.6. The largest absolute Gasteiger partial charge is 0.350 e. The number of hydrogen-bond acceptors (Lipinski definition) is 7. The van der Waals surface area contributed by atoms with Crippen LogP contribution in [0, 0.1) is 0 Å². The molecule has 0 fully saturated rings. The zero-order chi connectivity index (χ0) is 24.1. The summed E-state index contributed by atoms with van der Waals surface area (Å²) < 4.78 is 3.48. The van der Waals surface area contributed by atoms with Crippen molar-refractivity contribution in [3.8, 4) is 0 Å². The molecule has 2 atom stereocenters. The van der Waals surface area contributed by atoms with Crippen LogP contribution in [-0.2, 0) is 40.4 Å². The average molecular weight is 450 g/mol. The molecule has 0 aromatic carbocycles. The third kappa shape index (κ3) is 9.23. The van der Waals surface area contributed by atoms with E-state index in [2.05, 4.69) is 25.9 Å². The summed E-state index contributed by atoms with van der Waals surface area (Å²) in [7, 11) is 3.42. The lowest BCUT2D eigenvalue weighted by Crippen LogP contribution is -2.34. The van der Waals surface area contributed by atoms with Crippen LogP contribution in [0.1, 0.15) is 45.5 Å². The van der Waals surface area contributed by atoms with Crippen LogP contribution in [0.5, 0.6) is 0 Å². The molecule has 0 spiro atoms. The summed E-state index contributed by atoms with van der Waals surface area (Å²) >= 11 is 0. The zero-order valence-corrected chi connectivity index (χ0v) is 19.8. The van der Waals surface area contributed by atoms with Gasteiger partial charge in [0.15, 0.2) is 0 Å². The molecule has 3 amide bonds. The van der Waals surface area contributed by atoms with E-state index < -0.39 is 0 Å². The predicted octanol–water partition coefficient (Wildman–Crippen LogP) is 0.0982. The molecule has 1 N–H and O–H groups in total. The molecular weight excluding hydrogens is 414 g/mol. The fourth-order valence-electron chi connectivity index (χ4n) is 2.49. The van der Waals surface area contributed by atoms with Gasteiger partial charge in [-0.3, -0.25) is 23.7 Å². The first-order valence-electron chi connectivity index (χ1n) is 10.6. The molecule has 2 heterocycles. The van der Waals surface area contributed by atoms with E-state index in [9.17, 15) is 14.4 Å². The number of aromatic nitrogens is 6. The molecule has 2 aromatic heterocycles. The molecule has 12 heteroatoms. The molecular formula is C20H35N9O3. The summed E-state index contributed by atoms with van der Waals surface area (Å²) in [4.78, 5) is 35.7. The Kier molecular flexibility index (Phi) is 11.6. The monoisotopic (exact) mass is 449 g/mol. The number of rotatable bonds is 12. The van der Waals surface area contributed by atoms with E-state index in [1.165, 1.54) is 4.90 Å². The number of aryl methyl sites for hydroxylation is 2. The summed E-state index contributed by atoms with van der Waals surface area (Å²) in [6.07, 6.45) is 6.27. The Morgan fingerprint density at radius 1 is 0.969 bits per heavy atom. The first kappa shape index (κ1) is 26.7. The molecule has 0 aliphatic carbocycles. The van der Waals surface area contributed by atoms with Crippen molar-refractivity contribution in [3.63, 3.8) is 0 Å². The Morgan fingerprint density at radius 2 is 1.47 bits per heavy atom. The molecule has 0 aliphatic rings. The highest BCUT2D eigenvalue weighted by molar-refractivity contribution is 5.76. The number of carbonyl (C=O) groups is 3. The highest BCUT2D eigenvalue weighted by Gasteiger charge is 2.13. The standard InChI is InChI=1S/C11H19N5O2.C9H16N4O/c1-4-16-7-10(13-14-16)6-12-11(18)5-9(2)15(3)8-17;1-4-13-6-9(10-11-13)5-8(2)12(3)7-14/h7-9H,4-6H2,1-3H3,(H,12,18);6-8H,4-5H2,1-3H3. The Hall–Kier alpha value is -3.31. The Morgan fingerprint density at radius 3 is 1.97 bits per heavy atom. The van der Waals surface area contributed by atoms with Gasteiger partial charge in [-0.2, -0.15) is 0 Å². The quantitative estimate of drug-likeness (QED) is 0.455. The van der Waals surface area contributed by atoms with Gasteiger partial charge in [-0.1, -0.05) is 10.4 Å². The smallest absolute Gasteiger partial charge is 0.222 e. The van der Waals surface area contributed by atoms with Gasteiger partial charge < -0.3 is 15.1 Å². The van der Waals surface area contributed by atoms with Gasteiger partial charge in [0.05, 0.1) is 18.4 Å². The number of likely N-dealkylation sites (N-methyl/N-ethyl adjacent to an activating group) is 1. The molecule has 0 aliphatic heterocycles. The fourth-order valence-corrected chi connectivity index (χ4v) is 2.49. The lowest BCUT2D eigenvalue weighted by Gasteiger charge is -2.19. The number of nitrogens with one attached hydrogen (secondary N) is 1. The maximum Gasteiger partial charge on any atom is 0.222 e. The Labute approximate surface area is 188 Å². The van der Waals surface area contributed by atoms with Gasteiger partial charge in [-0.15, -0.1) is 10.2 Å². The lowest BCUT2D eigenvalue weighted by atomic mass is 10.2. The number of hydrogen-bond donors (Lipinski definition) is 1. The van der Waals surface area contributed by atoms with E-state index in [4.69, 9.17) is 0 Å². The van der Waals surface area contributed by atoms with Gasteiger partial charge in [-0.25, -0.2) is 0 Å². The first-order chi connectivity index (χ1) is 15.2. The van der Waals surface area contributed by atoms with Gasteiger partial charge >= 0.3 is 0 Å². The maximum absolute atomic E-state index is 11.6. The molecule has 178 valence electrons. The van der Waals surface area contributed by atoms with E-state index >= 15 is 0 Å². The average Bonchev–Trinajstić information content (AvgIpc) is 3.45. The predicted molar refractivity (Wildman–Crippen MR) is 118 cm³/mol. The minimum atomic E-state index is -0.117. The molecule has 2 unspecified atom stereocenters. The van der Waals surface area contributed by atoms with Crippen LogP contribution in [-0.4, -0.2) is 84.7 Å². The summed E-state index contributed by atoms with van der Waals surface area (Å²) in [6, 6.07) is 0.0448. The summed E-state index contributed by atoms with van der Waals surface area (Å²) in [5.74, 6) is -0.109. The van der Waals surface area contributed by atoms with E-state index in [0.29, 0.717) is 13.0 Å². The fraction of sp³-hybridized carbons (Fsp3) is 0.650. The van der Waals surface area contributed by atoms with Gasteiger partial charge in [0.2, 0.25) is 18.7 Å². The maximum atomic E-state index is 11.6. The molecule has 2 rings (SSSR count). The minimum Gasteiger partial charge on any atom is -0.350 e. The topological polar surface area (TPSA) is 131 Å². The van der Waals surface area contributed by atoms with Crippen LogP contribution in [0.4, 0.5) is 0 Å². The summed E-state index contributed by atoms with van der Waals surface area (Å²) in [5.41, 5.74) is 1.65. The van der Waals surface area contributed by atoms with Crippen LogP contribution >= 0.6 is 0 Å². The zero-order valence-electron chi connectivity index (χ0n) is 19.8. The van der Waals surface area contributed by atoms with Crippen molar-refractivity contribution in [2.45, 2.75) is 72.3 Å². The SMILES string of the molecule is CCn1cc(CC(C)N(C)C=O)nn1.CCn1cc(CNC(=O)CC(C)N(C)C=O)nn1. The summed E-state index contributed by atoms with van der Waals surface area (Å²) in [6.45, 7) is 9.72. The second-order valence-corrected chi connectivity index (χ2v) is 7.56. The molecule has 0 saturated carbocycles. The molecule has 0 radical (unpaired) electrons. The van der Waals surface area contributed by atoms with Gasteiger partial charge in [0.1, 0.15) is 5.69 Å². The number of nitrogens with zero attached hydrogens (tertiary/aromatic N) is 8. The highest BCUT2D eigenvalue weighted by Crippen LogP contribution is 2.03. The molecule has 0 saturated heterocycles. The van der Waals surface area contributed by atoms with Crippen molar-refractivity contribution in [2.75, 3.05) is 14.1 Å². The van der Waals surface area contributed by atoms with Crippen LogP contribution in [0.25, 0.3) is 0 Å². The molecule has 0 bridgehead atoms. The van der Waals surface area contributed by atoms with Crippen LogP contribution < -0.4 is 5.32 Å². The number of carbonyl (C=O) groups excluding carboxylic acids is 3. The lowest BCUT2D eigenvalue weighted by molar-refractivity contribution is -0.124. The summed E-state index contributed by atoms with van der Waals surface area (Å²) in [5, 5.41) is 18.5. The Balaban J connectivity index is 0.000000330. The van der Waals surface area contributed by atoms with Crippen molar-refractivity contribution in [2.24, 2.45) is 0 Å². The van der Waals surface area contributed by atoms with Gasteiger partial charge in [-0.05, 0) is 27.7 Å². The second kappa shape index (κ2) is 13.9. The van der Waals surface area contributed by atoms with Crippen molar-refractivity contribution in [1.82, 2.24) is 45.1 Å². The molecule has 32 heavy (non-hydrogen) atoms. The minimum absolute atomic E-state index is 0.109. The van der Waals surface area contributed by atoms with Gasteiger partial charge in [0.25, 0.3) is 0 Å². The van der Waals surface area contributed by atoms with Crippen LogP contribution in [0.3, 0.4) is 0 Å². The van der Waals surface area contributed by atoms with Crippen molar-refractivity contribution >= 4 is 18.7 Å². The van der Waals surface area contributed by atoms with Crippen molar-refractivity contribution in [1.29, 1.82) is 0 Å². The van der Waals surface area contributed by atoms with Crippen LogP contribution in [0.2, 0.25) is 0 Å². The second-order valence-electron chi connectivity index (χ2n) is 7.56.